The van der Waals surface area contributed by atoms with Gasteiger partial charge in [0.25, 0.3) is 0 Å². The first-order valence-electron chi connectivity index (χ1n) is 11.7. The summed E-state index contributed by atoms with van der Waals surface area (Å²) in [5, 5.41) is 9.43. The van der Waals surface area contributed by atoms with Crippen molar-refractivity contribution in [3.8, 4) is 0 Å². The van der Waals surface area contributed by atoms with Crippen molar-refractivity contribution >= 4 is 13.8 Å². The van der Waals surface area contributed by atoms with Crippen LogP contribution in [0.15, 0.2) is 24.3 Å². The molecule has 0 aromatic carbocycles. The maximum Gasteiger partial charge on any atom is 0.469 e. The summed E-state index contributed by atoms with van der Waals surface area (Å²) in [6.07, 6.45) is 23.0. The van der Waals surface area contributed by atoms with Crippen molar-refractivity contribution < 1.29 is 33.5 Å². The summed E-state index contributed by atoms with van der Waals surface area (Å²) in [7, 11) is -4.62. The van der Waals surface area contributed by atoms with Crippen LogP contribution in [0.3, 0.4) is 0 Å². The highest BCUT2D eigenvalue weighted by atomic mass is 31.2. The molecule has 0 radical (unpaired) electrons. The molecule has 0 bridgehead atoms. The average Bonchev–Trinajstić information content (AvgIpc) is 2.72. The number of carbonyl (C=O) groups is 1. The fraction of sp³-hybridized carbons (Fsp3) is 0.783. The number of hydrogen-bond donors (Lipinski definition) is 3. The third kappa shape index (κ3) is 25.2. The molecule has 0 saturated carbocycles. The van der Waals surface area contributed by atoms with Crippen LogP contribution in [0.25, 0.3) is 0 Å². The Morgan fingerprint density at radius 2 is 1.39 bits per heavy atom. The number of ether oxygens (including phenoxy) is 1. The van der Waals surface area contributed by atoms with Gasteiger partial charge in [0.1, 0.15) is 12.7 Å². The lowest BCUT2D eigenvalue weighted by atomic mass is 10.1. The zero-order valence-corrected chi connectivity index (χ0v) is 20.0. The molecule has 182 valence electrons. The van der Waals surface area contributed by atoms with Crippen LogP contribution >= 0.6 is 7.82 Å². The molecule has 0 aromatic rings. The van der Waals surface area contributed by atoms with Crippen molar-refractivity contribution in [2.24, 2.45) is 0 Å². The van der Waals surface area contributed by atoms with Crippen molar-refractivity contribution in [1.82, 2.24) is 0 Å². The van der Waals surface area contributed by atoms with E-state index < -0.39 is 26.5 Å². The Balaban J connectivity index is 3.39. The molecule has 0 saturated heterocycles. The van der Waals surface area contributed by atoms with Gasteiger partial charge < -0.3 is 19.6 Å². The predicted octanol–water partition coefficient (Wildman–Crippen LogP) is 5.59. The molecular formula is C23H43O7P. The van der Waals surface area contributed by atoms with Gasteiger partial charge in [-0.2, -0.15) is 0 Å². The molecule has 0 aliphatic rings. The van der Waals surface area contributed by atoms with Crippen molar-refractivity contribution in [1.29, 1.82) is 0 Å². The van der Waals surface area contributed by atoms with Crippen LogP contribution < -0.4 is 0 Å². The summed E-state index contributed by atoms with van der Waals surface area (Å²) in [5.41, 5.74) is 0. The number of carbonyl (C=O) groups excluding carboxylic acids is 1. The molecule has 1 atom stereocenters. The second-order valence-corrected chi connectivity index (χ2v) is 9.05. The zero-order valence-electron chi connectivity index (χ0n) is 19.1. The topological polar surface area (TPSA) is 113 Å². The lowest BCUT2D eigenvalue weighted by molar-refractivity contribution is -0.147. The van der Waals surface area contributed by atoms with Crippen LogP contribution in [0.1, 0.15) is 96.8 Å². The van der Waals surface area contributed by atoms with Gasteiger partial charge in [0.15, 0.2) is 0 Å². The second-order valence-electron chi connectivity index (χ2n) is 7.81. The Labute approximate surface area is 188 Å². The molecule has 0 fully saturated rings. The Kier molecular flexibility index (Phi) is 20.2. The number of aliphatic hydroxyl groups excluding tert-OH is 1. The standard InChI is InChI=1S/C23H43O7P/c1-2-3-4-5-6-7-8-9-10-11-12-13-14-15-16-17-18-19-23(25)29-20-22(24)21-30-31(26,27)28/h6-7,9-10,22,24H,2-5,8,11-21H2,1H3,(H2,26,27,28)/b7-6-,10-9-. The minimum Gasteiger partial charge on any atom is -0.463 e. The van der Waals surface area contributed by atoms with Gasteiger partial charge >= 0.3 is 13.8 Å². The minimum atomic E-state index is -4.62. The van der Waals surface area contributed by atoms with E-state index in [2.05, 4.69) is 35.8 Å². The van der Waals surface area contributed by atoms with E-state index in [0.29, 0.717) is 0 Å². The Bertz CT molecular complexity index is 528. The van der Waals surface area contributed by atoms with Gasteiger partial charge in [0.05, 0.1) is 6.61 Å². The minimum absolute atomic E-state index is 0.282. The van der Waals surface area contributed by atoms with Crippen LogP contribution in [0.4, 0.5) is 0 Å². The highest BCUT2D eigenvalue weighted by molar-refractivity contribution is 7.46. The maximum absolute atomic E-state index is 11.6. The first-order chi connectivity index (χ1) is 14.8. The van der Waals surface area contributed by atoms with Gasteiger partial charge in [-0.15, -0.1) is 0 Å². The molecule has 0 rings (SSSR count). The molecule has 0 amide bonds. The molecule has 0 aliphatic carbocycles. The van der Waals surface area contributed by atoms with Crippen molar-refractivity contribution in [3.05, 3.63) is 24.3 Å². The Morgan fingerprint density at radius 3 is 1.97 bits per heavy atom. The number of phosphoric ester groups is 1. The number of esters is 1. The van der Waals surface area contributed by atoms with E-state index >= 15 is 0 Å². The van der Waals surface area contributed by atoms with E-state index in [1.165, 1.54) is 44.9 Å². The summed E-state index contributed by atoms with van der Waals surface area (Å²) in [5.74, 6) is -0.419. The number of aliphatic hydroxyl groups is 1. The summed E-state index contributed by atoms with van der Waals surface area (Å²) in [6, 6.07) is 0. The molecule has 8 heteroatoms. The van der Waals surface area contributed by atoms with Crippen molar-refractivity contribution in [2.45, 2.75) is 103 Å². The number of allylic oxidation sites excluding steroid dienone is 4. The average molecular weight is 463 g/mol. The normalized spacial score (nSPS) is 13.3. The molecule has 3 N–H and O–H groups in total. The molecule has 0 spiro atoms. The van der Waals surface area contributed by atoms with Gasteiger partial charge in [0, 0.05) is 6.42 Å². The third-order valence-electron chi connectivity index (χ3n) is 4.70. The molecule has 1 unspecified atom stereocenters. The largest absolute Gasteiger partial charge is 0.469 e. The molecule has 7 nitrogen and oxygen atoms in total. The van der Waals surface area contributed by atoms with Gasteiger partial charge in [-0.05, 0) is 38.5 Å². The molecule has 31 heavy (non-hydrogen) atoms. The van der Waals surface area contributed by atoms with Gasteiger partial charge in [-0.25, -0.2) is 4.57 Å². The highest BCUT2D eigenvalue weighted by Gasteiger charge is 2.17. The van der Waals surface area contributed by atoms with Crippen molar-refractivity contribution in [2.75, 3.05) is 13.2 Å². The summed E-state index contributed by atoms with van der Waals surface area (Å²) in [6.45, 7) is 1.31. The smallest absolute Gasteiger partial charge is 0.463 e. The van der Waals surface area contributed by atoms with Crippen molar-refractivity contribution in [3.63, 3.8) is 0 Å². The van der Waals surface area contributed by atoms with E-state index in [9.17, 15) is 14.5 Å². The SMILES string of the molecule is CCCCC/C=C\C/C=C\CCCCCCCCCC(=O)OCC(O)COP(=O)(O)O. The second kappa shape index (κ2) is 20.9. The summed E-state index contributed by atoms with van der Waals surface area (Å²) < 4.78 is 19.5. The quantitative estimate of drug-likeness (QED) is 0.0881. The van der Waals surface area contributed by atoms with E-state index in [4.69, 9.17) is 14.5 Å². The summed E-state index contributed by atoms with van der Waals surface area (Å²) in [4.78, 5) is 28.6. The lowest BCUT2D eigenvalue weighted by Crippen LogP contribution is -2.23. The monoisotopic (exact) mass is 462 g/mol. The van der Waals surface area contributed by atoms with Crippen LogP contribution in [0.2, 0.25) is 0 Å². The van der Waals surface area contributed by atoms with E-state index in [1.807, 2.05) is 0 Å². The van der Waals surface area contributed by atoms with Gasteiger partial charge in [-0.3, -0.25) is 9.32 Å². The van der Waals surface area contributed by atoms with Crippen LogP contribution in [0.5, 0.6) is 0 Å². The number of unbranched alkanes of at least 4 members (excludes halogenated alkanes) is 10. The number of phosphoric acid groups is 1. The lowest BCUT2D eigenvalue weighted by Gasteiger charge is -2.12. The number of hydrogen-bond acceptors (Lipinski definition) is 5. The third-order valence-corrected chi connectivity index (χ3v) is 5.19. The molecular weight excluding hydrogens is 419 g/mol. The Hall–Kier alpha value is -0.980. The maximum atomic E-state index is 11.6. The van der Waals surface area contributed by atoms with Crippen LogP contribution in [0, 0.1) is 0 Å². The van der Waals surface area contributed by atoms with Gasteiger partial charge in [-0.1, -0.05) is 76.2 Å². The van der Waals surface area contributed by atoms with E-state index in [-0.39, 0.29) is 13.0 Å². The molecule has 0 aliphatic heterocycles. The molecule has 0 aromatic heterocycles. The zero-order chi connectivity index (χ0) is 23.2. The van der Waals surface area contributed by atoms with Gasteiger partial charge in [0.2, 0.25) is 0 Å². The Morgan fingerprint density at radius 1 is 0.839 bits per heavy atom. The first-order valence-corrected chi connectivity index (χ1v) is 13.2. The first kappa shape index (κ1) is 30.0. The summed E-state index contributed by atoms with van der Waals surface area (Å²) >= 11 is 0. The molecule has 0 heterocycles. The fourth-order valence-corrected chi connectivity index (χ4v) is 3.29. The number of rotatable bonds is 21. The van der Waals surface area contributed by atoms with E-state index in [1.54, 1.807) is 0 Å². The fourth-order valence-electron chi connectivity index (χ4n) is 2.93. The van der Waals surface area contributed by atoms with Crippen LogP contribution in [-0.2, 0) is 18.6 Å². The predicted molar refractivity (Wildman–Crippen MR) is 124 cm³/mol. The highest BCUT2D eigenvalue weighted by Crippen LogP contribution is 2.35. The van der Waals surface area contributed by atoms with Crippen LogP contribution in [-0.4, -0.2) is 40.2 Å². The van der Waals surface area contributed by atoms with E-state index in [0.717, 1.165) is 38.5 Å².